The van der Waals surface area contributed by atoms with Crippen molar-refractivity contribution in [2.75, 3.05) is 6.61 Å². The van der Waals surface area contributed by atoms with Gasteiger partial charge in [0.1, 0.15) is 0 Å². The van der Waals surface area contributed by atoms with Crippen LogP contribution in [0.1, 0.15) is 196 Å². The summed E-state index contributed by atoms with van der Waals surface area (Å²) in [5, 5.41) is 37.1. The first-order valence-electron chi connectivity index (χ1n) is 17.8. The molecule has 0 aliphatic heterocycles. The van der Waals surface area contributed by atoms with Crippen molar-refractivity contribution < 1.29 is 20.4 Å². The van der Waals surface area contributed by atoms with Crippen molar-refractivity contribution in [1.29, 1.82) is 0 Å². The monoisotopic (exact) mass is 572 g/mol. The van der Waals surface area contributed by atoms with Crippen LogP contribution in [0.4, 0.5) is 0 Å². The minimum absolute atomic E-state index is 0.0370. The molecule has 0 aromatic rings. The maximum atomic E-state index is 10.2. The fourth-order valence-electron chi connectivity index (χ4n) is 5.66. The third kappa shape index (κ3) is 37.8. The molecule has 0 saturated heterocycles. The zero-order valence-corrected chi connectivity index (χ0v) is 28.2. The fourth-order valence-corrected chi connectivity index (χ4v) is 5.66. The first-order chi connectivity index (χ1) is 19.0. The van der Waals surface area contributed by atoms with E-state index in [-0.39, 0.29) is 18.9 Å². The minimum atomic E-state index is -2.50. The highest BCUT2D eigenvalue weighted by molar-refractivity contribution is 4.62. The number of unbranched alkanes of at least 4 members (excludes halogenated alkanes) is 13. The van der Waals surface area contributed by atoms with E-state index in [1.54, 1.807) is 0 Å². The van der Waals surface area contributed by atoms with Gasteiger partial charge in [-0.3, -0.25) is 0 Å². The molecule has 3 unspecified atom stereocenters. The van der Waals surface area contributed by atoms with Gasteiger partial charge in [0, 0.05) is 6.42 Å². The van der Waals surface area contributed by atoms with Gasteiger partial charge in [-0.05, 0) is 30.1 Å². The molecular formula is C36H75O4. The molecule has 0 amide bonds. The zero-order valence-electron chi connectivity index (χ0n) is 28.2. The van der Waals surface area contributed by atoms with Crippen LogP contribution in [-0.2, 0) is 5.11 Å². The van der Waals surface area contributed by atoms with Crippen molar-refractivity contribution >= 4 is 0 Å². The summed E-state index contributed by atoms with van der Waals surface area (Å²) in [6.45, 7) is 13.7. The van der Waals surface area contributed by atoms with Crippen molar-refractivity contribution in [2.45, 2.75) is 202 Å². The number of rotatable bonds is 28. The first kappa shape index (κ1) is 42.0. The van der Waals surface area contributed by atoms with E-state index in [1.807, 2.05) is 6.92 Å². The Balaban J connectivity index is 0. The lowest BCUT2D eigenvalue weighted by Gasteiger charge is -2.20. The molecule has 0 fully saturated rings. The van der Waals surface area contributed by atoms with Gasteiger partial charge < -0.3 is 15.3 Å². The number of aliphatic hydroxyl groups is 3. The summed E-state index contributed by atoms with van der Waals surface area (Å²) in [5.41, 5.74) is 0. The molecule has 3 N–H and O–H groups in total. The van der Waals surface area contributed by atoms with Gasteiger partial charge in [-0.25, -0.2) is 5.11 Å². The Morgan fingerprint density at radius 3 is 1.10 bits per heavy atom. The predicted molar refractivity (Wildman–Crippen MR) is 174 cm³/mol. The van der Waals surface area contributed by atoms with E-state index in [0.717, 1.165) is 43.4 Å². The lowest BCUT2D eigenvalue weighted by molar-refractivity contribution is -0.319. The molecule has 40 heavy (non-hydrogen) atoms. The molecule has 0 aromatic heterocycles. The maximum absolute atomic E-state index is 10.2. The van der Waals surface area contributed by atoms with Gasteiger partial charge in [-0.1, -0.05) is 183 Å². The molecule has 0 aliphatic rings. The molecular weight excluding hydrogens is 496 g/mol. The molecule has 1 radical (unpaired) electrons. The Kier molecular flexibility index (Phi) is 31.8. The van der Waals surface area contributed by atoms with Crippen LogP contribution in [0, 0.1) is 23.7 Å². The number of hydrogen-bond acceptors (Lipinski definition) is 3. The summed E-state index contributed by atoms with van der Waals surface area (Å²) in [6, 6.07) is 0. The average molecular weight is 572 g/mol. The standard InChI is InChI=1S/C20H42O3.C16H33O/c1-16(2)9-6-10-17(3)11-7-12-18(4)13-8-14-19(5)15-20(21,22)23;1-2-3-4-5-6-7-8-9-10-11-12-13-14-15-16-17/h16-19,21-23H,6-15H2,1-5H3;2-16H2,1H3. The molecule has 4 heteroatoms. The van der Waals surface area contributed by atoms with Crippen LogP contribution in [0.25, 0.3) is 0 Å². The van der Waals surface area contributed by atoms with Crippen LogP contribution < -0.4 is 0 Å². The smallest absolute Gasteiger partial charge is 0.275 e. The van der Waals surface area contributed by atoms with Crippen LogP contribution in [-0.4, -0.2) is 27.9 Å². The summed E-state index contributed by atoms with van der Waals surface area (Å²) >= 11 is 0. The molecule has 3 atom stereocenters. The second-order valence-electron chi connectivity index (χ2n) is 13.8. The Bertz CT molecular complexity index is 460. The summed E-state index contributed by atoms with van der Waals surface area (Å²) in [4.78, 5) is 0. The molecule has 4 nitrogen and oxygen atoms in total. The van der Waals surface area contributed by atoms with Crippen molar-refractivity contribution in [3.8, 4) is 0 Å². The molecule has 0 bridgehead atoms. The molecule has 0 spiro atoms. The van der Waals surface area contributed by atoms with E-state index in [9.17, 15) is 5.11 Å². The van der Waals surface area contributed by atoms with Crippen molar-refractivity contribution in [2.24, 2.45) is 23.7 Å². The lowest BCUT2D eigenvalue weighted by atomic mass is 9.90. The van der Waals surface area contributed by atoms with Crippen LogP contribution in [0.2, 0.25) is 0 Å². The second-order valence-corrected chi connectivity index (χ2v) is 13.8. The summed E-state index contributed by atoms with van der Waals surface area (Å²) in [5.74, 6) is 0.0666. The number of hydrogen-bond donors (Lipinski definition) is 3. The molecule has 243 valence electrons. The Hall–Kier alpha value is -0.160. The Morgan fingerprint density at radius 1 is 0.450 bits per heavy atom. The zero-order chi connectivity index (χ0) is 30.5. The van der Waals surface area contributed by atoms with Gasteiger partial charge >= 0.3 is 0 Å². The quantitative estimate of drug-likeness (QED) is 0.0645. The minimum Gasteiger partial charge on any atom is -0.344 e. The van der Waals surface area contributed by atoms with Crippen LogP contribution in [0.15, 0.2) is 0 Å². The van der Waals surface area contributed by atoms with Crippen molar-refractivity contribution in [3.05, 3.63) is 0 Å². The highest BCUT2D eigenvalue weighted by Crippen LogP contribution is 2.23. The highest BCUT2D eigenvalue weighted by Gasteiger charge is 2.21. The SMILES string of the molecule is CC(C)CCCC(C)CCCC(C)CCCC(C)CC(O)(O)O.CCCCCCCCCCCCCCCC[O]. The van der Waals surface area contributed by atoms with Gasteiger partial charge in [0.05, 0.1) is 6.61 Å². The summed E-state index contributed by atoms with van der Waals surface area (Å²) in [6.07, 6.45) is 30.2. The third-order valence-corrected chi connectivity index (χ3v) is 8.39. The third-order valence-electron chi connectivity index (χ3n) is 8.39. The van der Waals surface area contributed by atoms with E-state index in [1.165, 1.54) is 122 Å². The molecule has 0 heterocycles. The van der Waals surface area contributed by atoms with Gasteiger partial charge in [-0.15, -0.1) is 0 Å². The molecule has 0 rings (SSSR count). The van der Waals surface area contributed by atoms with Gasteiger partial charge in [0.15, 0.2) is 0 Å². The maximum Gasteiger partial charge on any atom is 0.275 e. The van der Waals surface area contributed by atoms with E-state index >= 15 is 0 Å². The molecule has 0 aliphatic carbocycles. The summed E-state index contributed by atoms with van der Waals surface area (Å²) in [7, 11) is 0. The normalized spacial score (nSPS) is 14.2. The fraction of sp³-hybridized carbons (Fsp3) is 1.00. The Morgan fingerprint density at radius 2 is 0.775 bits per heavy atom. The van der Waals surface area contributed by atoms with Crippen molar-refractivity contribution in [3.63, 3.8) is 0 Å². The molecule has 0 saturated carbocycles. The van der Waals surface area contributed by atoms with E-state index in [0.29, 0.717) is 0 Å². The summed E-state index contributed by atoms with van der Waals surface area (Å²) < 4.78 is 0. The van der Waals surface area contributed by atoms with E-state index < -0.39 is 5.97 Å². The van der Waals surface area contributed by atoms with Gasteiger partial charge in [0.2, 0.25) is 0 Å². The average Bonchev–Trinajstić information content (AvgIpc) is 2.86. The Labute approximate surface area is 252 Å². The van der Waals surface area contributed by atoms with Crippen LogP contribution in [0.5, 0.6) is 0 Å². The van der Waals surface area contributed by atoms with Gasteiger partial charge in [-0.2, -0.15) is 0 Å². The van der Waals surface area contributed by atoms with E-state index in [4.69, 9.17) is 15.3 Å². The van der Waals surface area contributed by atoms with Gasteiger partial charge in [0.25, 0.3) is 5.97 Å². The topological polar surface area (TPSA) is 80.6 Å². The second kappa shape index (κ2) is 30.3. The van der Waals surface area contributed by atoms with Crippen LogP contribution in [0.3, 0.4) is 0 Å². The lowest BCUT2D eigenvalue weighted by Crippen LogP contribution is -2.29. The van der Waals surface area contributed by atoms with Crippen LogP contribution >= 0.6 is 0 Å². The molecule has 0 aromatic carbocycles. The highest BCUT2D eigenvalue weighted by atomic mass is 16.7. The predicted octanol–water partition coefficient (Wildman–Crippen LogP) is 11.0. The first-order valence-corrected chi connectivity index (χ1v) is 17.8. The largest absolute Gasteiger partial charge is 0.344 e. The van der Waals surface area contributed by atoms with Crippen molar-refractivity contribution in [1.82, 2.24) is 0 Å². The van der Waals surface area contributed by atoms with E-state index in [2.05, 4.69) is 34.6 Å².